The molecule has 0 aliphatic rings. The third kappa shape index (κ3) is 2.01. The highest BCUT2D eigenvalue weighted by atomic mass is 32.1. The Kier molecular flexibility index (Phi) is 3.36. The van der Waals surface area contributed by atoms with E-state index < -0.39 is 0 Å². The summed E-state index contributed by atoms with van der Waals surface area (Å²) in [6, 6.07) is 0. The van der Waals surface area contributed by atoms with Gasteiger partial charge in [0.25, 0.3) is 0 Å². The highest BCUT2D eigenvalue weighted by Gasteiger charge is 2.10. The standard InChI is InChI=1S/C11H16N4S/c1-7-8(2)16-11-9(7)10(14-6-15-11)13-5-3-4-12/h6H,3-5,12H2,1-2H3,(H,13,14,15). The Bertz CT molecular complexity index is 492. The molecular weight excluding hydrogens is 220 g/mol. The van der Waals surface area contributed by atoms with E-state index in [9.17, 15) is 0 Å². The average Bonchev–Trinajstić information content (AvgIpc) is 2.56. The van der Waals surface area contributed by atoms with E-state index in [4.69, 9.17) is 5.73 Å². The summed E-state index contributed by atoms with van der Waals surface area (Å²) >= 11 is 1.72. The Labute approximate surface area is 98.9 Å². The molecule has 2 heterocycles. The molecule has 0 saturated carbocycles. The van der Waals surface area contributed by atoms with Gasteiger partial charge >= 0.3 is 0 Å². The zero-order chi connectivity index (χ0) is 11.5. The Morgan fingerprint density at radius 1 is 1.38 bits per heavy atom. The molecule has 86 valence electrons. The molecule has 0 saturated heterocycles. The van der Waals surface area contributed by atoms with Crippen molar-refractivity contribution in [3.63, 3.8) is 0 Å². The van der Waals surface area contributed by atoms with Gasteiger partial charge in [0.1, 0.15) is 17.0 Å². The van der Waals surface area contributed by atoms with Gasteiger partial charge in [-0.15, -0.1) is 11.3 Å². The molecule has 0 radical (unpaired) electrons. The quantitative estimate of drug-likeness (QED) is 0.798. The third-order valence-electron chi connectivity index (χ3n) is 2.64. The smallest absolute Gasteiger partial charge is 0.138 e. The van der Waals surface area contributed by atoms with E-state index >= 15 is 0 Å². The molecule has 0 amide bonds. The zero-order valence-corrected chi connectivity index (χ0v) is 10.4. The van der Waals surface area contributed by atoms with Crippen LogP contribution in [0.15, 0.2) is 6.33 Å². The second-order valence-electron chi connectivity index (χ2n) is 3.75. The van der Waals surface area contributed by atoms with Gasteiger partial charge in [-0.25, -0.2) is 9.97 Å². The molecule has 0 aliphatic heterocycles. The van der Waals surface area contributed by atoms with Crippen LogP contribution in [0.25, 0.3) is 10.2 Å². The molecule has 0 spiro atoms. The third-order valence-corrected chi connectivity index (χ3v) is 3.75. The highest BCUT2D eigenvalue weighted by molar-refractivity contribution is 7.18. The van der Waals surface area contributed by atoms with Crippen LogP contribution in [0, 0.1) is 13.8 Å². The Morgan fingerprint density at radius 3 is 2.94 bits per heavy atom. The lowest BCUT2D eigenvalue weighted by atomic mass is 10.2. The van der Waals surface area contributed by atoms with Crippen LogP contribution in [0.1, 0.15) is 16.9 Å². The normalized spacial score (nSPS) is 10.9. The second kappa shape index (κ2) is 4.76. The number of nitrogens with one attached hydrogen (secondary N) is 1. The van der Waals surface area contributed by atoms with E-state index in [-0.39, 0.29) is 0 Å². The first-order valence-electron chi connectivity index (χ1n) is 5.38. The van der Waals surface area contributed by atoms with Gasteiger partial charge in [-0.3, -0.25) is 0 Å². The molecule has 0 bridgehead atoms. The fraction of sp³-hybridized carbons (Fsp3) is 0.455. The molecule has 0 aromatic carbocycles. The monoisotopic (exact) mass is 236 g/mol. The lowest BCUT2D eigenvalue weighted by Gasteiger charge is -2.05. The number of anilines is 1. The number of nitrogens with zero attached hydrogens (tertiary/aromatic N) is 2. The molecule has 3 N–H and O–H groups in total. The van der Waals surface area contributed by atoms with Crippen molar-refractivity contribution in [1.29, 1.82) is 0 Å². The van der Waals surface area contributed by atoms with Gasteiger partial charge in [0.2, 0.25) is 0 Å². The molecular formula is C11H16N4S. The largest absolute Gasteiger partial charge is 0.369 e. The van der Waals surface area contributed by atoms with E-state index in [1.165, 1.54) is 10.4 Å². The molecule has 2 rings (SSSR count). The van der Waals surface area contributed by atoms with Crippen LogP contribution in [0.4, 0.5) is 5.82 Å². The molecule has 0 fully saturated rings. The molecule has 4 nitrogen and oxygen atoms in total. The first kappa shape index (κ1) is 11.3. The maximum atomic E-state index is 5.47. The number of rotatable bonds is 4. The van der Waals surface area contributed by atoms with Crippen molar-refractivity contribution in [3.05, 3.63) is 16.8 Å². The summed E-state index contributed by atoms with van der Waals surface area (Å²) in [7, 11) is 0. The van der Waals surface area contributed by atoms with Crippen LogP contribution in [0.3, 0.4) is 0 Å². The fourth-order valence-corrected chi connectivity index (χ4v) is 2.62. The van der Waals surface area contributed by atoms with Crippen molar-refractivity contribution in [2.45, 2.75) is 20.3 Å². The minimum absolute atomic E-state index is 0.697. The van der Waals surface area contributed by atoms with Gasteiger partial charge in [-0.05, 0) is 32.4 Å². The molecule has 5 heteroatoms. The van der Waals surface area contributed by atoms with Crippen LogP contribution in [0.2, 0.25) is 0 Å². The minimum atomic E-state index is 0.697. The molecule has 16 heavy (non-hydrogen) atoms. The summed E-state index contributed by atoms with van der Waals surface area (Å²) in [5.74, 6) is 0.931. The summed E-state index contributed by atoms with van der Waals surface area (Å²) in [5, 5.41) is 4.47. The number of fused-ring (bicyclic) bond motifs is 1. The van der Waals surface area contributed by atoms with E-state index in [1.807, 2.05) is 0 Å². The van der Waals surface area contributed by atoms with Crippen molar-refractivity contribution < 1.29 is 0 Å². The molecule has 2 aromatic heterocycles. The van der Waals surface area contributed by atoms with Crippen LogP contribution in [-0.4, -0.2) is 23.1 Å². The van der Waals surface area contributed by atoms with Crippen LogP contribution < -0.4 is 11.1 Å². The topological polar surface area (TPSA) is 63.8 Å². The van der Waals surface area contributed by atoms with Crippen molar-refractivity contribution in [2.75, 3.05) is 18.4 Å². The number of nitrogens with two attached hydrogens (primary N) is 1. The maximum Gasteiger partial charge on any atom is 0.138 e. The predicted molar refractivity (Wildman–Crippen MR) is 69.1 cm³/mol. The van der Waals surface area contributed by atoms with Crippen molar-refractivity contribution in [1.82, 2.24) is 9.97 Å². The number of aryl methyl sites for hydroxylation is 2. The number of aromatic nitrogens is 2. The number of hydrogen-bond donors (Lipinski definition) is 2. The molecule has 0 atom stereocenters. The molecule has 2 aromatic rings. The van der Waals surface area contributed by atoms with E-state index in [1.54, 1.807) is 17.7 Å². The van der Waals surface area contributed by atoms with Crippen molar-refractivity contribution in [3.8, 4) is 0 Å². The average molecular weight is 236 g/mol. The number of hydrogen-bond acceptors (Lipinski definition) is 5. The fourth-order valence-electron chi connectivity index (χ4n) is 1.63. The van der Waals surface area contributed by atoms with E-state index in [0.29, 0.717) is 6.54 Å². The van der Waals surface area contributed by atoms with Gasteiger partial charge in [0.05, 0.1) is 5.39 Å². The lowest BCUT2D eigenvalue weighted by molar-refractivity contribution is 0.871. The van der Waals surface area contributed by atoms with Gasteiger partial charge in [-0.1, -0.05) is 0 Å². The van der Waals surface area contributed by atoms with E-state index in [2.05, 4.69) is 29.1 Å². The van der Waals surface area contributed by atoms with Gasteiger partial charge in [0, 0.05) is 11.4 Å². The SMILES string of the molecule is Cc1sc2ncnc(NCCCN)c2c1C. The predicted octanol–water partition coefficient (Wildman–Crippen LogP) is 2.07. The Balaban J connectivity index is 2.36. The van der Waals surface area contributed by atoms with Crippen LogP contribution >= 0.6 is 11.3 Å². The summed E-state index contributed by atoms with van der Waals surface area (Å²) in [4.78, 5) is 10.9. The van der Waals surface area contributed by atoms with Crippen LogP contribution in [0.5, 0.6) is 0 Å². The maximum absolute atomic E-state index is 5.47. The zero-order valence-electron chi connectivity index (χ0n) is 9.58. The van der Waals surface area contributed by atoms with Gasteiger partial charge < -0.3 is 11.1 Å². The molecule has 0 aliphatic carbocycles. The Morgan fingerprint density at radius 2 is 2.19 bits per heavy atom. The first-order chi connectivity index (χ1) is 7.74. The molecule has 0 unspecified atom stereocenters. The van der Waals surface area contributed by atoms with Crippen LogP contribution in [-0.2, 0) is 0 Å². The van der Waals surface area contributed by atoms with Crippen molar-refractivity contribution in [2.24, 2.45) is 5.73 Å². The minimum Gasteiger partial charge on any atom is -0.369 e. The summed E-state index contributed by atoms with van der Waals surface area (Å²) in [6.07, 6.45) is 2.57. The highest BCUT2D eigenvalue weighted by Crippen LogP contribution is 2.32. The second-order valence-corrected chi connectivity index (χ2v) is 4.96. The van der Waals surface area contributed by atoms with Gasteiger partial charge in [-0.2, -0.15) is 0 Å². The van der Waals surface area contributed by atoms with Crippen molar-refractivity contribution >= 4 is 27.4 Å². The first-order valence-corrected chi connectivity index (χ1v) is 6.20. The summed E-state index contributed by atoms with van der Waals surface area (Å²) in [6.45, 7) is 5.79. The van der Waals surface area contributed by atoms with E-state index in [0.717, 1.165) is 29.0 Å². The Hall–Kier alpha value is -1.20. The summed E-state index contributed by atoms with van der Waals surface area (Å²) < 4.78 is 0. The van der Waals surface area contributed by atoms with Gasteiger partial charge in [0.15, 0.2) is 0 Å². The summed E-state index contributed by atoms with van der Waals surface area (Å²) in [5.41, 5.74) is 6.74. The lowest BCUT2D eigenvalue weighted by Crippen LogP contribution is -2.09. The number of thiophene rings is 1.